The van der Waals surface area contributed by atoms with E-state index in [1.54, 1.807) is 0 Å². The first kappa shape index (κ1) is 10.7. The highest BCUT2D eigenvalue weighted by atomic mass is 19.1. The first-order valence-electron chi connectivity index (χ1n) is 4.08. The topological polar surface area (TPSA) is 35.2 Å². The van der Waals surface area contributed by atoms with E-state index in [9.17, 15) is 8.78 Å². The van der Waals surface area contributed by atoms with Crippen LogP contribution < -0.4 is 10.5 Å². The first-order chi connectivity index (χ1) is 6.63. The average molecular weight is 199 g/mol. The molecule has 76 valence electrons. The van der Waals surface area contributed by atoms with Gasteiger partial charge >= 0.3 is 0 Å². The van der Waals surface area contributed by atoms with Crippen molar-refractivity contribution >= 4 is 0 Å². The Bertz CT molecular complexity index is 339. The van der Waals surface area contributed by atoms with Crippen molar-refractivity contribution in [2.75, 3.05) is 13.2 Å². The van der Waals surface area contributed by atoms with Gasteiger partial charge in [-0.2, -0.15) is 0 Å². The second-order valence-electron chi connectivity index (χ2n) is 2.82. The van der Waals surface area contributed by atoms with Crippen LogP contribution in [0.3, 0.4) is 0 Å². The minimum Gasteiger partial charge on any atom is -0.486 e. The molecule has 0 aliphatic heterocycles. The summed E-state index contributed by atoms with van der Waals surface area (Å²) in [6, 6.07) is 3.02. The molecule has 0 aliphatic carbocycles. The SMILES string of the molecule is C=C(CN)COc1cc(F)ccc1F. The number of nitrogens with two attached hydrogens (primary N) is 1. The van der Waals surface area contributed by atoms with Gasteiger partial charge < -0.3 is 10.5 Å². The Hall–Kier alpha value is -1.42. The van der Waals surface area contributed by atoms with E-state index in [4.69, 9.17) is 10.5 Å². The van der Waals surface area contributed by atoms with E-state index in [-0.39, 0.29) is 18.9 Å². The normalized spacial score (nSPS) is 9.93. The van der Waals surface area contributed by atoms with E-state index in [0.29, 0.717) is 5.57 Å². The lowest BCUT2D eigenvalue weighted by molar-refractivity contribution is 0.329. The van der Waals surface area contributed by atoms with Crippen molar-refractivity contribution in [3.05, 3.63) is 42.0 Å². The summed E-state index contributed by atoms with van der Waals surface area (Å²) < 4.78 is 30.6. The predicted molar refractivity (Wildman–Crippen MR) is 50.0 cm³/mol. The smallest absolute Gasteiger partial charge is 0.165 e. The number of rotatable bonds is 4. The molecule has 1 aromatic carbocycles. The van der Waals surface area contributed by atoms with Crippen molar-refractivity contribution < 1.29 is 13.5 Å². The van der Waals surface area contributed by atoms with E-state index >= 15 is 0 Å². The molecule has 0 aromatic heterocycles. The summed E-state index contributed by atoms with van der Waals surface area (Å²) >= 11 is 0. The maximum Gasteiger partial charge on any atom is 0.165 e. The van der Waals surface area contributed by atoms with Crippen molar-refractivity contribution in [2.24, 2.45) is 5.73 Å². The van der Waals surface area contributed by atoms with Gasteiger partial charge in [0.05, 0.1) is 0 Å². The van der Waals surface area contributed by atoms with Gasteiger partial charge in [0, 0.05) is 12.6 Å². The second-order valence-corrected chi connectivity index (χ2v) is 2.82. The van der Waals surface area contributed by atoms with Crippen LogP contribution in [-0.2, 0) is 0 Å². The van der Waals surface area contributed by atoms with E-state index in [1.165, 1.54) is 0 Å². The fourth-order valence-corrected chi connectivity index (χ4v) is 0.827. The Balaban J connectivity index is 2.66. The van der Waals surface area contributed by atoms with Crippen LogP contribution >= 0.6 is 0 Å². The van der Waals surface area contributed by atoms with Crippen molar-refractivity contribution in [3.8, 4) is 5.75 Å². The van der Waals surface area contributed by atoms with Gasteiger partial charge in [-0.05, 0) is 17.7 Å². The van der Waals surface area contributed by atoms with Crippen molar-refractivity contribution in [2.45, 2.75) is 0 Å². The van der Waals surface area contributed by atoms with Crippen LogP contribution in [0.25, 0.3) is 0 Å². The molecule has 14 heavy (non-hydrogen) atoms. The molecular weight excluding hydrogens is 188 g/mol. The lowest BCUT2D eigenvalue weighted by atomic mass is 10.3. The van der Waals surface area contributed by atoms with Crippen LogP contribution in [0.4, 0.5) is 8.78 Å². The maximum absolute atomic E-state index is 13.0. The third-order valence-corrected chi connectivity index (χ3v) is 1.61. The molecule has 0 fully saturated rings. The molecule has 0 amide bonds. The highest BCUT2D eigenvalue weighted by molar-refractivity contribution is 5.25. The molecule has 4 heteroatoms. The summed E-state index contributed by atoms with van der Waals surface area (Å²) in [5, 5.41) is 0. The number of halogens is 2. The van der Waals surface area contributed by atoms with Crippen molar-refractivity contribution in [3.63, 3.8) is 0 Å². The summed E-state index contributed by atoms with van der Waals surface area (Å²) in [5.41, 5.74) is 5.88. The quantitative estimate of drug-likeness (QED) is 0.751. The van der Waals surface area contributed by atoms with Crippen molar-refractivity contribution in [1.82, 2.24) is 0 Å². The van der Waals surface area contributed by atoms with Gasteiger partial charge in [-0.1, -0.05) is 6.58 Å². The van der Waals surface area contributed by atoms with Crippen molar-refractivity contribution in [1.29, 1.82) is 0 Å². The number of benzene rings is 1. The van der Waals surface area contributed by atoms with Crippen LogP contribution in [0.5, 0.6) is 5.75 Å². The standard InChI is InChI=1S/C10H11F2NO/c1-7(5-13)6-14-10-4-8(11)2-3-9(10)12/h2-4H,1,5-6,13H2. The van der Waals surface area contributed by atoms with Gasteiger partial charge in [-0.25, -0.2) is 8.78 Å². The molecule has 0 saturated heterocycles. The minimum atomic E-state index is -0.601. The highest BCUT2D eigenvalue weighted by Crippen LogP contribution is 2.18. The first-order valence-corrected chi connectivity index (χ1v) is 4.08. The van der Waals surface area contributed by atoms with Crippen LogP contribution in [0.2, 0.25) is 0 Å². The van der Waals surface area contributed by atoms with Crippen LogP contribution in [0.1, 0.15) is 0 Å². The molecule has 0 aliphatic rings. The molecule has 0 atom stereocenters. The molecule has 0 unspecified atom stereocenters. The van der Waals surface area contributed by atoms with Gasteiger partial charge in [0.1, 0.15) is 12.4 Å². The van der Waals surface area contributed by atoms with E-state index < -0.39 is 11.6 Å². The summed E-state index contributed by atoms with van der Waals surface area (Å²) in [5.74, 6) is -1.27. The molecule has 2 nitrogen and oxygen atoms in total. The minimum absolute atomic E-state index is 0.0941. The molecule has 0 spiro atoms. The third kappa shape index (κ3) is 2.81. The van der Waals surface area contributed by atoms with E-state index in [0.717, 1.165) is 18.2 Å². The Kier molecular flexibility index (Phi) is 3.59. The molecule has 0 heterocycles. The Morgan fingerprint density at radius 3 is 2.79 bits per heavy atom. The van der Waals surface area contributed by atoms with E-state index in [1.807, 2.05) is 0 Å². The summed E-state index contributed by atoms with van der Waals surface area (Å²) in [6.45, 7) is 3.93. The molecule has 0 saturated carbocycles. The van der Waals surface area contributed by atoms with Crippen LogP contribution in [-0.4, -0.2) is 13.2 Å². The summed E-state index contributed by atoms with van der Waals surface area (Å²) in [7, 11) is 0. The van der Waals surface area contributed by atoms with Gasteiger partial charge in [-0.15, -0.1) is 0 Å². The third-order valence-electron chi connectivity index (χ3n) is 1.61. The Morgan fingerprint density at radius 2 is 2.14 bits per heavy atom. The number of ether oxygens (including phenoxy) is 1. The number of hydrogen-bond acceptors (Lipinski definition) is 2. The highest BCUT2D eigenvalue weighted by Gasteiger charge is 2.04. The fourth-order valence-electron chi connectivity index (χ4n) is 0.827. The van der Waals surface area contributed by atoms with Gasteiger partial charge in [-0.3, -0.25) is 0 Å². The van der Waals surface area contributed by atoms with E-state index in [2.05, 4.69) is 6.58 Å². The zero-order valence-corrected chi connectivity index (χ0v) is 7.59. The average Bonchev–Trinajstić information content (AvgIpc) is 2.19. The van der Waals surface area contributed by atoms with Gasteiger partial charge in [0.2, 0.25) is 0 Å². The summed E-state index contributed by atoms with van der Waals surface area (Å²) in [4.78, 5) is 0. The fraction of sp³-hybridized carbons (Fsp3) is 0.200. The lowest BCUT2D eigenvalue weighted by Crippen LogP contribution is -2.10. The van der Waals surface area contributed by atoms with Crippen LogP contribution in [0.15, 0.2) is 30.4 Å². The molecule has 0 bridgehead atoms. The Labute approximate surface area is 81.0 Å². The molecule has 0 radical (unpaired) electrons. The molecule has 1 aromatic rings. The second kappa shape index (κ2) is 4.72. The zero-order valence-electron chi connectivity index (χ0n) is 7.59. The summed E-state index contributed by atoms with van der Waals surface area (Å²) in [6.07, 6.45) is 0. The van der Waals surface area contributed by atoms with Gasteiger partial charge in [0.25, 0.3) is 0 Å². The Morgan fingerprint density at radius 1 is 1.43 bits per heavy atom. The predicted octanol–water partition coefficient (Wildman–Crippen LogP) is 1.86. The lowest BCUT2D eigenvalue weighted by Gasteiger charge is -2.07. The molecule has 2 N–H and O–H groups in total. The largest absolute Gasteiger partial charge is 0.486 e. The maximum atomic E-state index is 13.0. The molecular formula is C10H11F2NO. The molecule has 1 rings (SSSR count). The monoisotopic (exact) mass is 199 g/mol. The number of hydrogen-bond donors (Lipinski definition) is 1. The van der Waals surface area contributed by atoms with Crippen LogP contribution in [0, 0.1) is 11.6 Å². The zero-order chi connectivity index (χ0) is 10.6. The van der Waals surface area contributed by atoms with Gasteiger partial charge in [0.15, 0.2) is 11.6 Å².